The van der Waals surface area contributed by atoms with Crippen LogP contribution in [0.1, 0.15) is 10.4 Å². The minimum Gasteiger partial charge on any atom is -0.495 e. The lowest BCUT2D eigenvalue weighted by molar-refractivity contribution is 0.102. The number of sulfonamides is 1. The van der Waals surface area contributed by atoms with Crippen LogP contribution in [0.25, 0.3) is 0 Å². The fourth-order valence-corrected chi connectivity index (χ4v) is 4.26. The van der Waals surface area contributed by atoms with E-state index in [1.54, 1.807) is 30.3 Å². The summed E-state index contributed by atoms with van der Waals surface area (Å²) in [5.74, 6) is 0.00651. The van der Waals surface area contributed by atoms with Gasteiger partial charge in [0.15, 0.2) is 0 Å². The van der Waals surface area contributed by atoms with Gasteiger partial charge in [0.1, 0.15) is 5.75 Å². The first-order valence-corrected chi connectivity index (χ1v) is 10.1. The lowest BCUT2D eigenvalue weighted by Crippen LogP contribution is -2.12. The second-order valence-electron chi connectivity index (χ2n) is 5.15. The number of nitrogens with zero attached hydrogens (tertiary/aromatic N) is 2. The maximum atomic E-state index is 12.4. The molecule has 2 N–H and O–H groups in total. The number of halogens is 1. The third-order valence-electron chi connectivity index (χ3n) is 3.30. The van der Waals surface area contributed by atoms with Crippen LogP contribution in [0.2, 0.25) is 5.02 Å². The number of nitrogens with one attached hydrogen (secondary N) is 2. The van der Waals surface area contributed by atoms with E-state index in [-0.39, 0.29) is 20.2 Å². The molecule has 1 heterocycles. The molecule has 0 fully saturated rings. The predicted octanol–water partition coefficient (Wildman–Crippen LogP) is 3.25. The molecule has 0 saturated heterocycles. The first-order valence-electron chi connectivity index (χ1n) is 7.45. The normalized spacial score (nSPS) is 11.0. The number of aromatic nitrogens is 2. The van der Waals surface area contributed by atoms with Gasteiger partial charge in [-0.25, -0.2) is 0 Å². The van der Waals surface area contributed by atoms with E-state index in [0.717, 1.165) is 11.3 Å². The monoisotopic (exact) mass is 424 g/mol. The van der Waals surface area contributed by atoms with Gasteiger partial charge in [-0.3, -0.25) is 14.8 Å². The van der Waals surface area contributed by atoms with E-state index >= 15 is 0 Å². The molecule has 0 aliphatic heterocycles. The maximum absolute atomic E-state index is 12.4. The van der Waals surface area contributed by atoms with Crippen LogP contribution < -0.4 is 14.8 Å². The number of carbonyl (C=O) groups excluding carboxylic acids is 1. The molecule has 11 heteroatoms. The van der Waals surface area contributed by atoms with E-state index in [4.69, 9.17) is 16.3 Å². The van der Waals surface area contributed by atoms with Crippen LogP contribution in [0.5, 0.6) is 5.75 Å². The SMILES string of the molecule is COc1ccc(NS(=O)(=O)c2nnc(NC(=O)c3ccccc3)s2)cc1Cl. The Labute approximate surface area is 164 Å². The minimum absolute atomic E-state index is 0.0667. The number of anilines is 2. The maximum Gasteiger partial charge on any atom is 0.291 e. The summed E-state index contributed by atoms with van der Waals surface area (Å²) in [4.78, 5) is 12.1. The summed E-state index contributed by atoms with van der Waals surface area (Å²) in [7, 11) is -2.53. The lowest BCUT2D eigenvalue weighted by atomic mass is 10.2. The molecule has 0 radical (unpaired) electrons. The first kappa shape index (κ1) is 19.1. The molecule has 3 aromatic rings. The van der Waals surface area contributed by atoms with Crippen molar-refractivity contribution in [3.05, 3.63) is 59.1 Å². The lowest BCUT2D eigenvalue weighted by Gasteiger charge is -2.07. The van der Waals surface area contributed by atoms with E-state index in [1.807, 2.05) is 0 Å². The zero-order valence-corrected chi connectivity index (χ0v) is 16.2. The Balaban J connectivity index is 1.74. The van der Waals surface area contributed by atoms with Gasteiger partial charge < -0.3 is 4.74 Å². The Morgan fingerprint density at radius 2 is 1.89 bits per heavy atom. The van der Waals surface area contributed by atoms with Gasteiger partial charge in [0, 0.05) is 5.56 Å². The third-order valence-corrected chi connectivity index (χ3v) is 6.18. The Hall–Kier alpha value is -2.69. The zero-order chi connectivity index (χ0) is 19.4. The molecule has 8 nitrogen and oxygen atoms in total. The third kappa shape index (κ3) is 4.54. The second-order valence-corrected chi connectivity index (χ2v) is 8.39. The van der Waals surface area contributed by atoms with Gasteiger partial charge in [0.05, 0.1) is 17.8 Å². The van der Waals surface area contributed by atoms with E-state index in [2.05, 4.69) is 20.2 Å². The summed E-state index contributed by atoms with van der Waals surface area (Å²) < 4.78 is 32.0. The molecule has 0 atom stereocenters. The van der Waals surface area contributed by atoms with Crippen LogP contribution in [-0.2, 0) is 10.0 Å². The van der Waals surface area contributed by atoms with Crippen molar-refractivity contribution in [3.8, 4) is 5.75 Å². The fraction of sp³-hybridized carbons (Fsp3) is 0.0625. The summed E-state index contributed by atoms with van der Waals surface area (Å²) in [6.45, 7) is 0. The van der Waals surface area contributed by atoms with Crippen molar-refractivity contribution in [1.29, 1.82) is 0 Å². The van der Waals surface area contributed by atoms with E-state index in [1.165, 1.54) is 25.3 Å². The molecule has 0 aliphatic carbocycles. The van der Waals surface area contributed by atoms with Gasteiger partial charge in [-0.15, -0.1) is 10.2 Å². The fourth-order valence-electron chi connectivity index (χ4n) is 2.06. The Morgan fingerprint density at radius 3 is 2.56 bits per heavy atom. The quantitative estimate of drug-likeness (QED) is 0.587. The Kier molecular flexibility index (Phi) is 5.59. The van der Waals surface area contributed by atoms with Gasteiger partial charge in [0.2, 0.25) is 5.13 Å². The minimum atomic E-state index is -3.99. The molecule has 0 aliphatic rings. The van der Waals surface area contributed by atoms with Crippen molar-refractivity contribution in [2.24, 2.45) is 0 Å². The van der Waals surface area contributed by atoms with Crippen molar-refractivity contribution in [3.63, 3.8) is 0 Å². The van der Waals surface area contributed by atoms with Gasteiger partial charge in [-0.2, -0.15) is 8.42 Å². The van der Waals surface area contributed by atoms with Gasteiger partial charge >= 0.3 is 0 Å². The molecule has 2 aromatic carbocycles. The number of amides is 1. The smallest absolute Gasteiger partial charge is 0.291 e. The first-order chi connectivity index (χ1) is 12.9. The van der Waals surface area contributed by atoms with Crippen molar-refractivity contribution in [1.82, 2.24) is 10.2 Å². The van der Waals surface area contributed by atoms with Gasteiger partial charge in [-0.05, 0) is 30.3 Å². The molecule has 0 spiro atoms. The molecule has 0 unspecified atom stereocenters. The summed E-state index contributed by atoms with van der Waals surface area (Å²) in [5, 5.41) is 10.2. The van der Waals surface area contributed by atoms with Crippen LogP contribution in [0.15, 0.2) is 52.9 Å². The molecule has 1 aromatic heterocycles. The van der Waals surface area contributed by atoms with E-state index in [9.17, 15) is 13.2 Å². The van der Waals surface area contributed by atoms with Crippen molar-refractivity contribution in [2.45, 2.75) is 4.34 Å². The molecular weight excluding hydrogens is 412 g/mol. The van der Waals surface area contributed by atoms with Crippen LogP contribution >= 0.6 is 22.9 Å². The second kappa shape index (κ2) is 7.91. The molecule has 0 bridgehead atoms. The van der Waals surface area contributed by atoms with Crippen LogP contribution in [0.4, 0.5) is 10.8 Å². The number of rotatable bonds is 6. The summed E-state index contributed by atoms with van der Waals surface area (Å²) in [6.07, 6.45) is 0. The van der Waals surface area contributed by atoms with Crippen molar-refractivity contribution in [2.75, 3.05) is 17.1 Å². The standard InChI is InChI=1S/C16H13ClN4O4S2/c1-25-13-8-7-11(9-12(13)17)21-27(23,24)16-20-19-15(26-16)18-14(22)10-5-3-2-4-6-10/h2-9,21H,1H3,(H,18,19,22). The van der Waals surface area contributed by atoms with Crippen molar-refractivity contribution < 1.29 is 17.9 Å². The number of carbonyl (C=O) groups is 1. The van der Waals surface area contributed by atoms with Crippen LogP contribution in [-0.4, -0.2) is 31.6 Å². The van der Waals surface area contributed by atoms with E-state index < -0.39 is 15.9 Å². The van der Waals surface area contributed by atoms with E-state index in [0.29, 0.717) is 11.3 Å². The molecule has 0 saturated carbocycles. The molecular formula is C16H13ClN4O4S2. The Morgan fingerprint density at radius 1 is 1.15 bits per heavy atom. The number of hydrogen-bond donors (Lipinski definition) is 2. The summed E-state index contributed by atoms with van der Waals surface area (Å²) in [5.41, 5.74) is 0.661. The molecule has 27 heavy (non-hydrogen) atoms. The molecule has 140 valence electrons. The Bertz CT molecular complexity index is 1070. The number of ether oxygens (including phenoxy) is 1. The highest BCUT2D eigenvalue weighted by Crippen LogP contribution is 2.29. The summed E-state index contributed by atoms with van der Waals surface area (Å²) in [6, 6.07) is 12.9. The van der Waals surface area contributed by atoms with Crippen molar-refractivity contribution >= 4 is 49.7 Å². The highest BCUT2D eigenvalue weighted by Gasteiger charge is 2.21. The van der Waals surface area contributed by atoms with Gasteiger partial charge in [-0.1, -0.05) is 41.1 Å². The largest absolute Gasteiger partial charge is 0.495 e. The highest BCUT2D eigenvalue weighted by molar-refractivity contribution is 7.94. The average molecular weight is 425 g/mol. The molecule has 3 rings (SSSR count). The predicted molar refractivity (Wildman–Crippen MR) is 103 cm³/mol. The topological polar surface area (TPSA) is 110 Å². The highest BCUT2D eigenvalue weighted by atomic mass is 35.5. The average Bonchev–Trinajstić information content (AvgIpc) is 3.12. The van der Waals surface area contributed by atoms with Gasteiger partial charge in [0.25, 0.3) is 20.3 Å². The molecule has 1 amide bonds. The number of hydrogen-bond acceptors (Lipinski definition) is 7. The number of methoxy groups -OCH3 is 1. The summed E-state index contributed by atoms with van der Waals surface area (Å²) >= 11 is 6.72. The zero-order valence-electron chi connectivity index (χ0n) is 13.8. The van der Waals surface area contributed by atoms with Crippen LogP contribution in [0.3, 0.4) is 0 Å². The number of benzene rings is 2. The van der Waals surface area contributed by atoms with Crippen LogP contribution in [0, 0.1) is 0 Å².